The summed E-state index contributed by atoms with van der Waals surface area (Å²) in [5, 5.41) is 0. The first kappa shape index (κ1) is 15.5. The maximum atomic E-state index is 5.64. The van der Waals surface area contributed by atoms with Crippen LogP contribution < -0.4 is 9.47 Å². The third-order valence-electron chi connectivity index (χ3n) is 3.55. The van der Waals surface area contributed by atoms with Crippen molar-refractivity contribution in [3.05, 3.63) is 78.9 Å². The molecule has 3 aromatic rings. The Balaban J connectivity index is 2.17. The van der Waals surface area contributed by atoms with Crippen molar-refractivity contribution in [1.29, 1.82) is 0 Å². The number of rotatable bonds is 5. The molecule has 0 amide bonds. The van der Waals surface area contributed by atoms with Crippen molar-refractivity contribution in [3.8, 4) is 11.5 Å². The van der Waals surface area contributed by atoms with Crippen LogP contribution in [-0.2, 0) is 10.9 Å². The summed E-state index contributed by atoms with van der Waals surface area (Å²) in [6.45, 7) is 0. The fourth-order valence-corrected chi connectivity index (χ4v) is 4.63. The van der Waals surface area contributed by atoms with Crippen molar-refractivity contribution in [2.24, 2.45) is 0 Å². The molecule has 0 saturated heterocycles. The topological polar surface area (TPSA) is 18.5 Å². The molecule has 0 heterocycles. The average molecular weight is 323 g/mol. The number of methoxy groups -OCH3 is 2. The van der Waals surface area contributed by atoms with Crippen LogP contribution in [-0.4, -0.2) is 14.2 Å². The molecule has 3 rings (SSSR count). The lowest BCUT2D eigenvalue weighted by atomic mass is 10.3. The summed E-state index contributed by atoms with van der Waals surface area (Å²) in [5.41, 5.74) is 0. The molecule has 0 radical (unpaired) electrons. The van der Waals surface area contributed by atoms with E-state index >= 15 is 0 Å². The van der Waals surface area contributed by atoms with E-state index in [4.69, 9.17) is 9.47 Å². The first-order chi connectivity index (χ1) is 11.3. The minimum atomic E-state index is -0.217. The number of hydrogen-bond donors (Lipinski definition) is 0. The second-order valence-corrected chi connectivity index (χ2v) is 6.94. The van der Waals surface area contributed by atoms with E-state index in [1.807, 2.05) is 24.3 Å². The monoisotopic (exact) mass is 323 g/mol. The van der Waals surface area contributed by atoms with Gasteiger partial charge in [-0.25, -0.2) is 0 Å². The molecule has 0 N–H and O–H groups in total. The van der Waals surface area contributed by atoms with Gasteiger partial charge in [0, 0.05) is 12.1 Å². The predicted octanol–water partition coefficient (Wildman–Crippen LogP) is 4.80. The van der Waals surface area contributed by atoms with Crippen molar-refractivity contribution in [3.63, 3.8) is 0 Å². The Hall–Kier alpha value is -2.39. The summed E-state index contributed by atoms with van der Waals surface area (Å²) >= 11 is 0. The normalized spacial score (nSPS) is 10.6. The van der Waals surface area contributed by atoms with E-state index in [0.29, 0.717) is 0 Å². The summed E-state index contributed by atoms with van der Waals surface area (Å²) < 4.78 is 11.0. The molecule has 3 aromatic carbocycles. The lowest BCUT2D eigenvalue weighted by Crippen LogP contribution is -2.06. The highest BCUT2D eigenvalue weighted by Gasteiger charge is 2.31. The van der Waals surface area contributed by atoms with E-state index in [0.717, 1.165) is 16.4 Å². The maximum Gasteiger partial charge on any atom is 0.208 e. The largest absolute Gasteiger partial charge is 0.497 e. The molecule has 23 heavy (non-hydrogen) atoms. The fourth-order valence-electron chi connectivity index (χ4n) is 2.45. The second kappa shape index (κ2) is 7.25. The van der Waals surface area contributed by atoms with Crippen LogP contribution in [0.1, 0.15) is 0 Å². The van der Waals surface area contributed by atoms with Crippen molar-refractivity contribution >= 4 is 10.9 Å². The van der Waals surface area contributed by atoms with Gasteiger partial charge in [-0.05, 0) is 30.3 Å². The van der Waals surface area contributed by atoms with Crippen LogP contribution in [0.3, 0.4) is 0 Å². The fraction of sp³-hybridized carbons (Fsp3) is 0.100. The molecule has 0 spiro atoms. The lowest BCUT2D eigenvalue weighted by molar-refractivity contribution is 0.387. The highest BCUT2D eigenvalue weighted by Crippen LogP contribution is 2.38. The van der Waals surface area contributed by atoms with Gasteiger partial charge in [-0.15, -0.1) is 0 Å². The van der Waals surface area contributed by atoms with Gasteiger partial charge < -0.3 is 9.47 Å². The van der Waals surface area contributed by atoms with Gasteiger partial charge in [-0.3, -0.25) is 0 Å². The van der Waals surface area contributed by atoms with Crippen LogP contribution in [0, 0.1) is 0 Å². The molecule has 0 unspecified atom stereocenters. The van der Waals surface area contributed by atoms with E-state index in [9.17, 15) is 0 Å². The van der Waals surface area contributed by atoms with E-state index in [1.165, 1.54) is 9.79 Å². The quantitative estimate of drug-likeness (QED) is 0.628. The van der Waals surface area contributed by atoms with Crippen LogP contribution in [0.25, 0.3) is 0 Å². The lowest BCUT2D eigenvalue weighted by Gasteiger charge is -2.12. The predicted molar refractivity (Wildman–Crippen MR) is 94.6 cm³/mol. The SMILES string of the molecule is COc1ccc([S+](c2ccccc2)c2ccccc2)c(OC)c1. The Kier molecular flexibility index (Phi) is 4.89. The van der Waals surface area contributed by atoms with Crippen LogP contribution >= 0.6 is 0 Å². The summed E-state index contributed by atoms with van der Waals surface area (Å²) in [7, 11) is 3.16. The van der Waals surface area contributed by atoms with Gasteiger partial charge in [0.15, 0.2) is 15.5 Å². The van der Waals surface area contributed by atoms with Crippen LogP contribution in [0.4, 0.5) is 0 Å². The van der Waals surface area contributed by atoms with Gasteiger partial charge in [0.25, 0.3) is 0 Å². The van der Waals surface area contributed by atoms with Crippen LogP contribution in [0.2, 0.25) is 0 Å². The smallest absolute Gasteiger partial charge is 0.208 e. The van der Waals surface area contributed by atoms with E-state index in [-0.39, 0.29) is 10.9 Å². The molecule has 3 heteroatoms. The molecule has 0 aliphatic carbocycles. The molecular weight excluding hydrogens is 304 g/mol. The Morgan fingerprint density at radius 2 is 1.22 bits per heavy atom. The molecule has 0 atom stereocenters. The number of ether oxygens (including phenoxy) is 2. The third-order valence-corrected chi connectivity index (χ3v) is 5.81. The van der Waals surface area contributed by atoms with E-state index < -0.39 is 0 Å². The summed E-state index contributed by atoms with van der Waals surface area (Å²) in [5.74, 6) is 1.65. The summed E-state index contributed by atoms with van der Waals surface area (Å²) in [6, 6.07) is 27.1. The zero-order valence-corrected chi connectivity index (χ0v) is 14.0. The van der Waals surface area contributed by atoms with Crippen molar-refractivity contribution in [2.45, 2.75) is 14.7 Å². The molecule has 2 nitrogen and oxygen atoms in total. The van der Waals surface area contributed by atoms with Gasteiger partial charge in [0.1, 0.15) is 16.6 Å². The minimum Gasteiger partial charge on any atom is -0.497 e. The van der Waals surface area contributed by atoms with Gasteiger partial charge in [0.2, 0.25) is 4.90 Å². The molecule has 0 bridgehead atoms. The van der Waals surface area contributed by atoms with Crippen LogP contribution in [0.15, 0.2) is 93.5 Å². The van der Waals surface area contributed by atoms with E-state index in [1.54, 1.807) is 14.2 Å². The Morgan fingerprint density at radius 1 is 0.652 bits per heavy atom. The molecule has 0 saturated carbocycles. The average Bonchev–Trinajstić information content (AvgIpc) is 2.64. The first-order valence-corrected chi connectivity index (χ1v) is 8.62. The first-order valence-electron chi connectivity index (χ1n) is 7.40. The summed E-state index contributed by atoms with van der Waals surface area (Å²) in [4.78, 5) is 3.69. The molecule has 0 fully saturated rings. The molecular formula is C20H19O2S+. The Morgan fingerprint density at radius 3 is 1.70 bits per heavy atom. The second-order valence-electron chi connectivity index (χ2n) is 4.95. The van der Waals surface area contributed by atoms with Crippen LogP contribution in [0.5, 0.6) is 11.5 Å². The number of hydrogen-bond acceptors (Lipinski definition) is 2. The van der Waals surface area contributed by atoms with Crippen molar-refractivity contribution in [2.75, 3.05) is 14.2 Å². The third kappa shape index (κ3) is 3.35. The minimum absolute atomic E-state index is 0.217. The van der Waals surface area contributed by atoms with E-state index in [2.05, 4.69) is 54.6 Å². The zero-order valence-electron chi connectivity index (χ0n) is 13.2. The molecule has 0 aromatic heterocycles. The van der Waals surface area contributed by atoms with Gasteiger partial charge in [0.05, 0.1) is 14.2 Å². The van der Waals surface area contributed by atoms with Gasteiger partial charge in [-0.2, -0.15) is 0 Å². The molecule has 116 valence electrons. The van der Waals surface area contributed by atoms with Gasteiger partial charge in [-0.1, -0.05) is 36.4 Å². The maximum absolute atomic E-state index is 5.64. The zero-order chi connectivity index (χ0) is 16.1. The van der Waals surface area contributed by atoms with Crippen molar-refractivity contribution < 1.29 is 9.47 Å². The number of benzene rings is 3. The highest BCUT2D eigenvalue weighted by molar-refractivity contribution is 7.97. The molecule has 0 aliphatic rings. The Bertz CT molecular complexity index is 718. The Labute approximate surface area is 140 Å². The standard InChI is InChI=1S/C20H19O2S/c1-21-16-13-14-20(19(15-16)22-2)23(17-9-5-3-6-10-17)18-11-7-4-8-12-18/h3-15H,1-2H3/q+1. The van der Waals surface area contributed by atoms with Gasteiger partial charge >= 0.3 is 0 Å². The molecule has 0 aliphatic heterocycles. The summed E-state index contributed by atoms with van der Waals surface area (Å²) in [6.07, 6.45) is 0. The van der Waals surface area contributed by atoms with Crippen molar-refractivity contribution in [1.82, 2.24) is 0 Å². The highest BCUT2D eigenvalue weighted by atomic mass is 32.2.